The number of Topliss-reactive ketones (excluding diaryl/α,β-unsaturated/α-hetero) is 1. The second-order valence-electron chi connectivity index (χ2n) is 3.83. The number of carbonyl (C=O) groups is 1. The lowest BCUT2D eigenvalue weighted by molar-refractivity contribution is 0.0971. The van der Waals surface area contributed by atoms with Crippen molar-refractivity contribution in [2.75, 3.05) is 0 Å². The highest BCUT2D eigenvalue weighted by atomic mass is 16.3. The summed E-state index contributed by atoms with van der Waals surface area (Å²) in [5, 5.41) is 9.55. The van der Waals surface area contributed by atoms with E-state index in [1.54, 1.807) is 6.92 Å². The Kier molecular flexibility index (Phi) is 2.38. The highest BCUT2D eigenvalue weighted by Gasteiger charge is 2.20. The monoisotopic (exact) mass is 190 g/mol. The van der Waals surface area contributed by atoms with Crippen LogP contribution in [-0.4, -0.2) is 10.9 Å². The van der Waals surface area contributed by atoms with Crippen LogP contribution in [0.25, 0.3) is 0 Å². The summed E-state index contributed by atoms with van der Waals surface area (Å²) in [5.41, 5.74) is 2.78. The smallest absolute Gasteiger partial charge is 0.163 e. The largest absolute Gasteiger partial charge is 0.389 e. The summed E-state index contributed by atoms with van der Waals surface area (Å²) in [4.78, 5) is 11.6. The molecule has 1 aliphatic carbocycles. The molecule has 74 valence electrons. The summed E-state index contributed by atoms with van der Waals surface area (Å²) in [7, 11) is 0. The van der Waals surface area contributed by atoms with Crippen molar-refractivity contribution < 1.29 is 9.90 Å². The van der Waals surface area contributed by atoms with Crippen molar-refractivity contribution in [1.29, 1.82) is 0 Å². The average Bonchev–Trinajstić information content (AvgIpc) is 2.17. The predicted molar refractivity (Wildman–Crippen MR) is 54.3 cm³/mol. The fourth-order valence-electron chi connectivity index (χ4n) is 2.10. The first-order chi connectivity index (χ1) is 6.70. The van der Waals surface area contributed by atoms with Gasteiger partial charge in [-0.1, -0.05) is 18.2 Å². The zero-order chi connectivity index (χ0) is 10.1. The lowest BCUT2D eigenvalue weighted by Gasteiger charge is -2.19. The molecule has 0 radical (unpaired) electrons. The van der Waals surface area contributed by atoms with Crippen LogP contribution >= 0.6 is 0 Å². The van der Waals surface area contributed by atoms with Gasteiger partial charge in [-0.2, -0.15) is 0 Å². The van der Waals surface area contributed by atoms with Gasteiger partial charge in [0, 0.05) is 12.0 Å². The van der Waals surface area contributed by atoms with Crippen molar-refractivity contribution in [2.45, 2.75) is 32.3 Å². The van der Waals surface area contributed by atoms with Crippen LogP contribution in [0.3, 0.4) is 0 Å². The number of aliphatic hydroxyl groups is 1. The number of hydrogen-bond acceptors (Lipinski definition) is 2. The van der Waals surface area contributed by atoms with Crippen molar-refractivity contribution in [1.82, 2.24) is 0 Å². The first kappa shape index (κ1) is 9.41. The molecule has 2 rings (SSSR count). The zero-order valence-corrected chi connectivity index (χ0v) is 8.29. The van der Waals surface area contributed by atoms with Crippen molar-refractivity contribution in [2.24, 2.45) is 0 Å². The molecule has 1 N–H and O–H groups in total. The highest BCUT2D eigenvalue weighted by molar-refractivity contribution is 5.98. The molecule has 0 saturated carbocycles. The van der Waals surface area contributed by atoms with Gasteiger partial charge in [-0.05, 0) is 30.9 Å². The molecule has 0 aliphatic heterocycles. The molecule has 0 spiro atoms. The number of fused-ring (bicyclic) bond motifs is 1. The van der Waals surface area contributed by atoms with E-state index in [9.17, 15) is 9.90 Å². The summed E-state index contributed by atoms with van der Waals surface area (Å²) in [6, 6.07) is 5.62. The summed E-state index contributed by atoms with van der Waals surface area (Å²) in [5.74, 6) is 0.216. The molecule has 1 aromatic carbocycles. The third-order valence-corrected chi connectivity index (χ3v) is 2.79. The fraction of sp³-hybridized carbons (Fsp3) is 0.417. The minimum Gasteiger partial charge on any atom is -0.389 e. The van der Waals surface area contributed by atoms with Crippen molar-refractivity contribution in [3.05, 3.63) is 34.9 Å². The number of benzene rings is 1. The molecule has 0 heterocycles. The van der Waals surface area contributed by atoms with E-state index >= 15 is 0 Å². The van der Waals surface area contributed by atoms with E-state index < -0.39 is 6.10 Å². The van der Waals surface area contributed by atoms with E-state index in [-0.39, 0.29) is 5.78 Å². The van der Waals surface area contributed by atoms with Crippen LogP contribution in [-0.2, 0) is 6.42 Å². The Morgan fingerprint density at radius 1 is 1.36 bits per heavy atom. The molecule has 14 heavy (non-hydrogen) atoms. The van der Waals surface area contributed by atoms with Crippen molar-refractivity contribution in [3.8, 4) is 0 Å². The molecule has 1 aliphatic rings. The van der Waals surface area contributed by atoms with Gasteiger partial charge >= 0.3 is 0 Å². The standard InChI is InChI=1S/C12H14O2/c1-8(13)9-4-2-6-11-10(9)5-3-7-12(11)14/h2,4,6,8,13H,3,5,7H2,1H3. The summed E-state index contributed by atoms with van der Waals surface area (Å²) >= 11 is 0. The first-order valence-electron chi connectivity index (χ1n) is 5.03. The third kappa shape index (κ3) is 1.46. The molecule has 0 saturated heterocycles. The van der Waals surface area contributed by atoms with Crippen LogP contribution in [0, 0.1) is 0 Å². The van der Waals surface area contributed by atoms with Crippen LogP contribution in [0.15, 0.2) is 18.2 Å². The number of hydrogen-bond donors (Lipinski definition) is 1. The minimum atomic E-state index is -0.476. The second-order valence-corrected chi connectivity index (χ2v) is 3.83. The van der Waals surface area contributed by atoms with Gasteiger partial charge in [-0.15, -0.1) is 0 Å². The molecule has 1 atom stereocenters. The van der Waals surface area contributed by atoms with E-state index in [2.05, 4.69) is 0 Å². The zero-order valence-electron chi connectivity index (χ0n) is 8.29. The van der Waals surface area contributed by atoms with Crippen LogP contribution in [0.1, 0.15) is 47.4 Å². The molecule has 1 aromatic rings. The van der Waals surface area contributed by atoms with Crippen LogP contribution < -0.4 is 0 Å². The molecule has 0 aromatic heterocycles. The molecular weight excluding hydrogens is 176 g/mol. The lowest BCUT2D eigenvalue weighted by Crippen LogP contribution is -2.13. The highest BCUT2D eigenvalue weighted by Crippen LogP contribution is 2.27. The summed E-state index contributed by atoms with van der Waals surface area (Å²) in [6.07, 6.45) is 2.00. The number of carbonyl (C=O) groups excluding carboxylic acids is 1. The first-order valence-corrected chi connectivity index (χ1v) is 5.03. The van der Waals surface area contributed by atoms with Crippen LogP contribution in [0.5, 0.6) is 0 Å². The maximum absolute atomic E-state index is 11.6. The molecule has 2 heteroatoms. The van der Waals surface area contributed by atoms with E-state index in [0.29, 0.717) is 6.42 Å². The lowest BCUT2D eigenvalue weighted by atomic mass is 9.86. The van der Waals surface area contributed by atoms with Gasteiger partial charge in [-0.3, -0.25) is 4.79 Å². The van der Waals surface area contributed by atoms with E-state index in [0.717, 1.165) is 29.5 Å². The van der Waals surface area contributed by atoms with Crippen molar-refractivity contribution >= 4 is 5.78 Å². The quantitative estimate of drug-likeness (QED) is 0.737. The van der Waals surface area contributed by atoms with E-state index in [1.807, 2.05) is 18.2 Å². The molecule has 1 unspecified atom stereocenters. The van der Waals surface area contributed by atoms with E-state index in [4.69, 9.17) is 0 Å². The Bertz CT molecular complexity index is 367. The van der Waals surface area contributed by atoms with Gasteiger partial charge in [0.1, 0.15) is 0 Å². The normalized spacial score (nSPS) is 17.7. The fourth-order valence-corrected chi connectivity index (χ4v) is 2.10. The summed E-state index contributed by atoms with van der Waals surface area (Å²) < 4.78 is 0. The maximum Gasteiger partial charge on any atom is 0.163 e. The second kappa shape index (κ2) is 3.54. The Morgan fingerprint density at radius 3 is 2.86 bits per heavy atom. The van der Waals surface area contributed by atoms with E-state index in [1.165, 1.54) is 0 Å². The Balaban J connectivity index is 2.55. The maximum atomic E-state index is 11.6. The van der Waals surface area contributed by atoms with Gasteiger partial charge in [-0.25, -0.2) is 0 Å². The Morgan fingerprint density at radius 2 is 2.14 bits per heavy atom. The van der Waals surface area contributed by atoms with Gasteiger partial charge in [0.2, 0.25) is 0 Å². The Hall–Kier alpha value is -1.15. The third-order valence-electron chi connectivity index (χ3n) is 2.79. The number of aliphatic hydroxyl groups excluding tert-OH is 1. The van der Waals surface area contributed by atoms with Gasteiger partial charge in [0.25, 0.3) is 0 Å². The average molecular weight is 190 g/mol. The van der Waals surface area contributed by atoms with Gasteiger partial charge < -0.3 is 5.11 Å². The van der Waals surface area contributed by atoms with Crippen LogP contribution in [0.4, 0.5) is 0 Å². The predicted octanol–water partition coefficient (Wildman–Crippen LogP) is 2.26. The minimum absolute atomic E-state index is 0.216. The number of rotatable bonds is 1. The molecule has 0 fully saturated rings. The van der Waals surface area contributed by atoms with Gasteiger partial charge in [0.05, 0.1) is 6.10 Å². The molecule has 0 bridgehead atoms. The molecule has 2 nitrogen and oxygen atoms in total. The Labute approximate surface area is 83.6 Å². The SMILES string of the molecule is CC(O)c1cccc2c1CCCC2=O. The molecular formula is C12H14O2. The van der Waals surface area contributed by atoms with Gasteiger partial charge in [0.15, 0.2) is 5.78 Å². The summed E-state index contributed by atoms with van der Waals surface area (Å²) in [6.45, 7) is 1.74. The van der Waals surface area contributed by atoms with Crippen LogP contribution in [0.2, 0.25) is 0 Å². The number of ketones is 1. The topological polar surface area (TPSA) is 37.3 Å². The molecule has 0 amide bonds. The van der Waals surface area contributed by atoms with Crippen molar-refractivity contribution in [3.63, 3.8) is 0 Å².